The number of likely N-dealkylation sites (N-methyl/N-ethyl adjacent to an activating group) is 1. The molecule has 19 heavy (non-hydrogen) atoms. The summed E-state index contributed by atoms with van der Waals surface area (Å²) < 4.78 is 10.9. The molecule has 0 fully saturated rings. The molecule has 0 amide bonds. The highest BCUT2D eigenvalue weighted by Gasteiger charge is 2.21. The van der Waals surface area contributed by atoms with Gasteiger partial charge in [-0.1, -0.05) is 6.07 Å². The molecule has 1 aromatic rings. The Morgan fingerprint density at radius 2 is 2.00 bits per heavy atom. The van der Waals surface area contributed by atoms with E-state index in [1.807, 2.05) is 6.07 Å². The smallest absolute Gasteiger partial charge is 0.164 e. The Balaban J connectivity index is 2.13. The van der Waals surface area contributed by atoms with Crippen LogP contribution in [0.5, 0.6) is 11.5 Å². The minimum atomic E-state index is 0.836. The van der Waals surface area contributed by atoms with E-state index in [4.69, 9.17) is 9.47 Å². The van der Waals surface area contributed by atoms with E-state index in [2.05, 4.69) is 30.0 Å². The largest absolute Gasteiger partial charge is 0.493 e. The van der Waals surface area contributed by atoms with Crippen LogP contribution in [-0.4, -0.2) is 57.7 Å². The fraction of sp³-hybridized carbons (Fsp3) is 0.600. The van der Waals surface area contributed by atoms with Gasteiger partial charge in [0.15, 0.2) is 11.5 Å². The lowest BCUT2D eigenvalue weighted by Crippen LogP contribution is -2.36. The molecular weight excluding hydrogens is 240 g/mol. The number of hydrogen-bond donors (Lipinski definition) is 0. The van der Waals surface area contributed by atoms with Crippen LogP contribution in [0.2, 0.25) is 0 Å². The van der Waals surface area contributed by atoms with Gasteiger partial charge in [-0.2, -0.15) is 0 Å². The van der Waals surface area contributed by atoms with E-state index in [1.54, 1.807) is 14.2 Å². The van der Waals surface area contributed by atoms with Gasteiger partial charge in [0.25, 0.3) is 0 Å². The van der Waals surface area contributed by atoms with Crippen molar-refractivity contribution in [1.82, 2.24) is 9.80 Å². The van der Waals surface area contributed by atoms with Gasteiger partial charge in [-0.3, -0.25) is 4.90 Å². The van der Waals surface area contributed by atoms with Gasteiger partial charge in [0.05, 0.1) is 14.2 Å². The molecule has 0 atom stereocenters. The van der Waals surface area contributed by atoms with E-state index < -0.39 is 0 Å². The number of nitrogens with zero attached hydrogens (tertiary/aromatic N) is 2. The van der Waals surface area contributed by atoms with Crippen LogP contribution >= 0.6 is 0 Å². The maximum Gasteiger partial charge on any atom is 0.164 e. The van der Waals surface area contributed by atoms with E-state index in [9.17, 15) is 0 Å². The summed E-state index contributed by atoms with van der Waals surface area (Å²) in [6, 6.07) is 4.17. The molecule has 1 aromatic carbocycles. The van der Waals surface area contributed by atoms with Crippen LogP contribution in [0.15, 0.2) is 12.1 Å². The summed E-state index contributed by atoms with van der Waals surface area (Å²) >= 11 is 0. The fourth-order valence-electron chi connectivity index (χ4n) is 2.58. The van der Waals surface area contributed by atoms with Crippen molar-refractivity contribution in [3.63, 3.8) is 0 Å². The maximum atomic E-state index is 5.52. The minimum absolute atomic E-state index is 0.836. The number of methoxy groups -OCH3 is 2. The Hall–Kier alpha value is -1.26. The van der Waals surface area contributed by atoms with Crippen molar-refractivity contribution in [3.8, 4) is 11.5 Å². The van der Waals surface area contributed by atoms with Crippen molar-refractivity contribution >= 4 is 0 Å². The van der Waals surface area contributed by atoms with Crippen LogP contribution < -0.4 is 9.47 Å². The van der Waals surface area contributed by atoms with E-state index in [0.29, 0.717) is 0 Å². The second-order valence-electron chi connectivity index (χ2n) is 5.27. The first-order valence-corrected chi connectivity index (χ1v) is 6.75. The first-order chi connectivity index (χ1) is 9.15. The average Bonchev–Trinajstić information content (AvgIpc) is 2.43. The monoisotopic (exact) mass is 264 g/mol. The van der Waals surface area contributed by atoms with Gasteiger partial charge in [0.1, 0.15) is 0 Å². The molecule has 0 radical (unpaired) electrons. The van der Waals surface area contributed by atoms with Crippen molar-refractivity contribution in [2.75, 3.05) is 47.9 Å². The van der Waals surface area contributed by atoms with Crippen molar-refractivity contribution in [2.24, 2.45) is 0 Å². The lowest BCUT2D eigenvalue weighted by Gasteiger charge is -2.30. The number of ether oxygens (including phenoxy) is 2. The predicted molar refractivity (Wildman–Crippen MR) is 77.1 cm³/mol. The second kappa shape index (κ2) is 6.26. The summed E-state index contributed by atoms with van der Waals surface area (Å²) in [7, 11) is 7.64. The molecule has 1 heterocycles. The van der Waals surface area contributed by atoms with Gasteiger partial charge in [0, 0.05) is 31.7 Å². The highest BCUT2D eigenvalue weighted by Crippen LogP contribution is 2.36. The van der Waals surface area contributed by atoms with E-state index in [0.717, 1.165) is 44.1 Å². The van der Waals surface area contributed by atoms with Crippen LogP contribution in [-0.2, 0) is 13.0 Å². The van der Waals surface area contributed by atoms with Crippen molar-refractivity contribution in [3.05, 3.63) is 23.3 Å². The number of rotatable bonds is 5. The number of hydrogen-bond acceptors (Lipinski definition) is 4. The van der Waals surface area contributed by atoms with E-state index >= 15 is 0 Å². The van der Waals surface area contributed by atoms with Crippen LogP contribution in [0.3, 0.4) is 0 Å². The molecule has 1 aliphatic heterocycles. The Labute approximate surface area is 115 Å². The zero-order valence-electron chi connectivity index (χ0n) is 12.4. The Bertz CT molecular complexity index is 432. The Morgan fingerprint density at radius 1 is 1.21 bits per heavy atom. The summed E-state index contributed by atoms with van der Waals surface area (Å²) in [5.41, 5.74) is 2.67. The quantitative estimate of drug-likeness (QED) is 0.807. The summed E-state index contributed by atoms with van der Waals surface area (Å²) in [5, 5.41) is 0. The molecule has 2 rings (SSSR count). The topological polar surface area (TPSA) is 24.9 Å². The molecule has 4 nitrogen and oxygen atoms in total. The third-order valence-electron chi connectivity index (χ3n) is 3.68. The molecule has 0 bridgehead atoms. The molecular formula is C15H24N2O2. The van der Waals surface area contributed by atoms with E-state index in [-0.39, 0.29) is 0 Å². The highest BCUT2D eigenvalue weighted by atomic mass is 16.5. The zero-order chi connectivity index (χ0) is 13.8. The lowest BCUT2D eigenvalue weighted by molar-refractivity contribution is 0.222. The second-order valence-corrected chi connectivity index (χ2v) is 5.27. The van der Waals surface area contributed by atoms with E-state index in [1.165, 1.54) is 11.1 Å². The SMILES string of the molecule is COc1ccc2c(c1OC)CCN(CCN(C)C)C2. The third-order valence-corrected chi connectivity index (χ3v) is 3.68. The van der Waals surface area contributed by atoms with Gasteiger partial charge >= 0.3 is 0 Å². The molecule has 0 aromatic heterocycles. The molecule has 0 spiro atoms. The van der Waals surface area contributed by atoms with Crippen molar-refractivity contribution in [1.29, 1.82) is 0 Å². The maximum absolute atomic E-state index is 5.52. The predicted octanol–water partition coefficient (Wildman–Crippen LogP) is 1.62. The molecule has 4 heteroatoms. The Morgan fingerprint density at radius 3 is 2.63 bits per heavy atom. The summed E-state index contributed by atoms with van der Waals surface area (Å²) in [6.07, 6.45) is 1.03. The van der Waals surface area contributed by atoms with Crippen LogP contribution in [0.25, 0.3) is 0 Å². The summed E-state index contributed by atoms with van der Waals surface area (Å²) in [4.78, 5) is 4.72. The highest BCUT2D eigenvalue weighted by molar-refractivity contribution is 5.51. The van der Waals surface area contributed by atoms with Crippen LogP contribution in [0, 0.1) is 0 Å². The number of benzene rings is 1. The zero-order valence-corrected chi connectivity index (χ0v) is 12.4. The van der Waals surface area contributed by atoms with Gasteiger partial charge in [-0.25, -0.2) is 0 Å². The average molecular weight is 264 g/mol. The molecule has 1 aliphatic rings. The number of fused-ring (bicyclic) bond motifs is 1. The first kappa shape index (κ1) is 14.2. The summed E-state index contributed by atoms with van der Waals surface area (Å²) in [5.74, 6) is 1.75. The fourth-order valence-corrected chi connectivity index (χ4v) is 2.58. The molecule has 0 saturated heterocycles. The van der Waals surface area contributed by atoms with Crippen molar-refractivity contribution in [2.45, 2.75) is 13.0 Å². The molecule has 106 valence electrons. The van der Waals surface area contributed by atoms with Crippen molar-refractivity contribution < 1.29 is 9.47 Å². The van der Waals surface area contributed by atoms with Gasteiger partial charge in [-0.05, 0) is 32.1 Å². The lowest BCUT2D eigenvalue weighted by atomic mass is 9.98. The molecule has 0 N–H and O–H groups in total. The first-order valence-electron chi connectivity index (χ1n) is 6.75. The molecule has 0 unspecified atom stereocenters. The Kier molecular flexibility index (Phi) is 4.66. The molecule has 0 saturated carbocycles. The standard InChI is InChI=1S/C15H24N2O2/c1-16(2)9-10-17-8-7-13-12(11-17)5-6-14(18-3)15(13)19-4/h5-6H,7-11H2,1-4H3. The molecule has 0 aliphatic carbocycles. The summed E-state index contributed by atoms with van der Waals surface area (Å²) in [6.45, 7) is 4.30. The van der Waals surface area contributed by atoms with Gasteiger partial charge in [-0.15, -0.1) is 0 Å². The van der Waals surface area contributed by atoms with Crippen LogP contribution in [0.4, 0.5) is 0 Å². The normalized spacial score (nSPS) is 15.4. The van der Waals surface area contributed by atoms with Crippen LogP contribution in [0.1, 0.15) is 11.1 Å². The third kappa shape index (κ3) is 3.19. The van der Waals surface area contributed by atoms with Gasteiger partial charge in [0.2, 0.25) is 0 Å². The minimum Gasteiger partial charge on any atom is -0.493 e. The van der Waals surface area contributed by atoms with Gasteiger partial charge < -0.3 is 14.4 Å².